The number of para-hydroxylation sites is 1. The Kier molecular flexibility index (Phi) is 5.22. The Labute approximate surface area is 132 Å². The van der Waals surface area contributed by atoms with Gasteiger partial charge in [-0.3, -0.25) is 4.90 Å². The van der Waals surface area contributed by atoms with Gasteiger partial charge in [0.25, 0.3) is 0 Å². The first-order valence-electron chi connectivity index (χ1n) is 7.00. The molecule has 1 aliphatic heterocycles. The van der Waals surface area contributed by atoms with Crippen molar-refractivity contribution in [1.29, 1.82) is 0 Å². The molecular formula is C15H21BrF2N2O. The number of nitrogens with zero attached hydrogens (tertiary/aromatic N) is 1. The lowest BCUT2D eigenvalue weighted by atomic mass is 9.79. The molecule has 3 nitrogen and oxygen atoms in total. The van der Waals surface area contributed by atoms with Crippen LogP contribution in [0.5, 0.6) is 5.75 Å². The molecule has 1 aromatic rings. The van der Waals surface area contributed by atoms with Crippen LogP contribution in [0.1, 0.15) is 25.8 Å². The maximum Gasteiger partial charge on any atom is 0.387 e. The Morgan fingerprint density at radius 1 is 1.48 bits per heavy atom. The molecule has 1 atom stereocenters. The fourth-order valence-corrected chi connectivity index (χ4v) is 3.26. The summed E-state index contributed by atoms with van der Waals surface area (Å²) in [6.07, 6.45) is 0.909. The lowest BCUT2D eigenvalue weighted by Gasteiger charge is -2.42. The molecule has 118 valence electrons. The number of nitrogens with two attached hydrogens (primary N) is 1. The van der Waals surface area contributed by atoms with Gasteiger partial charge in [0.05, 0.1) is 4.47 Å². The van der Waals surface area contributed by atoms with Crippen molar-refractivity contribution in [3.63, 3.8) is 0 Å². The minimum atomic E-state index is -2.83. The van der Waals surface area contributed by atoms with Crippen LogP contribution in [-0.2, 0) is 6.54 Å². The summed E-state index contributed by atoms with van der Waals surface area (Å²) in [5.74, 6) is 0.222. The molecule has 0 bridgehead atoms. The highest BCUT2D eigenvalue weighted by molar-refractivity contribution is 9.10. The molecule has 1 saturated heterocycles. The van der Waals surface area contributed by atoms with Crippen molar-refractivity contribution in [3.8, 4) is 5.75 Å². The molecule has 1 aliphatic rings. The molecule has 2 rings (SSSR count). The minimum absolute atomic E-state index is 0.0218. The van der Waals surface area contributed by atoms with Crippen LogP contribution < -0.4 is 10.5 Å². The van der Waals surface area contributed by atoms with E-state index in [4.69, 9.17) is 5.73 Å². The van der Waals surface area contributed by atoms with Crippen molar-refractivity contribution in [1.82, 2.24) is 4.90 Å². The summed E-state index contributed by atoms with van der Waals surface area (Å²) >= 11 is 3.28. The van der Waals surface area contributed by atoms with Gasteiger partial charge in [-0.2, -0.15) is 8.78 Å². The van der Waals surface area contributed by atoms with Gasteiger partial charge in [0, 0.05) is 31.2 Å². The van der Waals surface area contributed by atoms with Gasteiger partial charge in [0.15, 0.2) is 0 Å². The normalized spacial score (nSPS) is 22.5. The van der Waals surface area contributed by atoms with Gasteiger partial charge in [-0.15, -0.1) is 0 Å². The fourth-order valence-electron chi connectivity index (χ4n) is 2.76. The zero-order valence-electron chi connectivity index (χ0n) is 12.3. The third-order valence-electron chi connectivity index (χ3n) is 4.04. The molecule has 2 N–H and O–H groups in total. The molecule has 1 heterocycles. The first-order valence-corrected chi connectivity index (χ1v) is 7.79. The number of ether oxygens (including phenoxy) is 1. The molecule has 0 amide bonds. The summed E-state index contributed by atoms with van der Waals surface area (Å²) in [6.45, 7) is 3.74. The highest BCUT2D eigenvalue weighted by Crippen LogP contribution is 2.34. The van der Waals surface area contributed by atoms with Crippen LogP contribution in [0, 0.1) is 5.41 Å². The van der Waals surface area contributed by atoms with E-state index in [1.54, 1.807) is 6.07 Å². The number of piperidine rings is 1. The summed E-state index contributed by atoms with van der Waals surface area (Å²) in [5, 5.41) is 0. The number of alkyl halides is 2. The van der Waals surface area contributed by atoms with Crippen LogP contribution >= 0.6 is 15.9 Å². The van der Waals surface area contributed by atoms with Crippen molar-refractivity contribution in [3.05, 3.63) is 28.2 Å². The van der Waals surface area contributed by atoms with Crippen LogP contribution in [0.25, 0.3) is 0 Å². The molecule has 0 aliphatic carbocycles. The van der Waals surface area contributed by atoms with E-state index in [1.807, 2.05) is 12.1 Å². The SMILES string of the molecule is CC1(C)CN(Cc2cccc(Br)c2OC(F)F)CCC1N. The number of rotatable bonds is 4. The molecule has 0 saturated carbocycles. The van der Waals surface area contributed by atoms with Crippen molar-refractivity contribution in [2.45, 2.75) is 39.5 Å². The molecule has 0 radical (unpaired) electrons. The third kappa shape index (κ3) is 4.14. The average Bonchev–Trinajstić information content (AvgIpc) is 2.37. The lowest BCUT2D eigenvalue weighted by molar-refractivity contribution is -0.0515. The monoisotopic (exact) mass is 362 g/mol. The predicted octanol–water partition coefficient (Wildman–Crippen LogP) is 3.61. The van der Waals surface area contributed by atoms with Crippen LogP contribution in [0.3, 0.4) is 0 Å². The molecule has 1 aromatic carbocycles. The topological polar surface area (TPSA) is 38.5 Å². The minimum Gasteiger partial charge on any atom is -0.433 e. The molecule has 1 unspecified atom stereocenters. The van der Waals surface area contributed by atoms with Gasteiger partial charge in [0.1, 0.15) is 5.75 Å². The fraction of sp³-hybridized carbons (Fsp3) is 0.600. The predicted molar refractivity (Wildman–Crippen MR) is 82.4 cm³/mol. The van der Waals surface area contributed by atoms with Crippen molar-refractivity contribution < 1.29 is 13.5 Å². The molecule has 6 heteroatoms. The number of likely N-dealkylation sites (tertiary alicyclic amines) is 1. The van der Waals surface area contributed by atoms with E-state index in [1.165, 1.54) is 0 Å². The van der Waals surface area contributed by atoms with Gasteiger partial charge in [0.2, 0.25) is 0 Å². The summed E-state index contributed by atoms with van der Waals surface area (Å²) in [7, 11) is 0. The smallest absolute Gasteiger partial charge is 0.387 e. The molecular weight excluding hydrogens is 342 g/mol. The molecule has 0 spiro atoms. The van der Waals surface area contributed by atoms with E-state index in [0.717, 1.165) is 25.1 Å². The van der Waals surface area contributed by atoms with Gasteiger partial charge >= 0.3 is 6.61 Å². The molecule has 1 fully saturated rings. The van der Waals surface area contributed by atoms with Crippen LogP contribution in [0.4, 0.5) is 8.78 Å². The van der Waals surface area contributed by atoms with E-state index in [-0.39, 0.29) is 17.2 Å². The zero-order valence-corrected chi connectivity index (χ0v) is 13.9. The summed E-state index contributed by atoms with van der Waals surface area (Å²) < 4.78 is 30.3. The third-order valence-corrected chi connectivity index (χ3v) is 4.67. The number of halogens is 3. The summed E-state index contributed by atoms with van der Waals surface area (Å²) in [5.41, 5.74) is 6.91. The Bertz CT molecular complexity index is 497. The van der Waals surface area contributed by atoms with E-state index in [2.05, 4.69) is 39.4 Å². The first kappa shape index (κ1) is 16.6. The van der Waals surface area contributed by atoms with Gasteiger partial charge in [-0.25, -0.2) is 0 Å². The summed E-state index contributed by atoms with van der Waals surface area (Å²) in [4.78, 5) is 2.24. The van der Waals surface area contributed by atoms with Gasteiger partial charge in [-0.1, -0.05) is 26.0 Å². The Morgan fingerprint density at radius 2 is 2.19 bits per heavy atom. The lowest BCUT2D eigenvalue weighted by Crippen LogP contribution is -2.52. The number of hydrogen-bond donors (Lipinski definition) is 1. The quantitative estimate of drug-likeness (QED) is 0.888. The molecule has 0 aromatic heterocycles. The van der Waals surface area contributed by atoms with E-state index >= 15 is 0 Å². The first-order chi connectivity index (χ1) is 9.79. The van der Waals surface area contributed by atoms with E-state index < -0.39 is 6.61 Å². The standard InChI is InChI=1S/C15H21BrF2N2O/c1-15(2)9-20(7-6-12(15)19)8-10-4-3-5-11(16)13(10)21-14(17)18/h3-5,12,14H,6-9,19H2,1-2H3. The van der Waals surface area contributed by atoms with Gasteiger partial charge < -0.3 is 10.5 Å². The summed E-state index contributed by atoms with van der Waals surface area (Å²) in [6, 6.07) is 5.54. The zero-order chi connectivity index (χ0) is 15.6. The van der Waals surface area contributed by atoms with Crippen molar-refractivity contribution in [2.75, 3.05) is 13.1 Å². The highest BCUT2D eigenvalue weighted by atomic mass is 79.9. The van der Waals surface area contributed by atoms with Crippen LogP contribution in [0.2, 0.25) is 0 Å². The van der Waals surface area contributed by atoms with E-state index in [9.17, 15) is 8.78 Å². The Morgan fingerprint density at radius 3 is 2.81 bits per heavy atom. The molecule has 21 heavy (non-hydrogen) atoms. The highest BCUT2D eigenvalue weighted by Gasteiger charge is 2.33. The second-order valence-corrected chi connectivity index (χ2v) is 7.06. The Balaban J connectivity index is 2.14. The second-order valence-electron chi connectivity index (χ2n) is 6.20. The maximum absolute atomic E-state index is 12.6. The number of benzene rings is 1. The van der Waals surface area contributed by atoms with E-state index in [0.29, 0.717) is 11.0 Å². The van der Waals surface area contributed by atoms with Crippen LogP contribution in [0.15, 0.2) is 22.7 Å². The average molecular weight is 363 g/mol. The van der Waals surface area contributed by atoms with Gasteiger partial charge in [-0.05, 0) is 33.8 Å². The van der Waals surface area contributed by atoms with Crippen molar-refractivity contribution in [2.24, 2.45) is 11.1 Å². The van der Waals surface area contributed by atoms with Crippen LogP contribution in [-0.4, -0.2) is 30.6 Å². The van der Waals surface area contributed by atoms with Crippen molar-refractivity contribution >= 4 is 15.9 Å². The largest absolute Gasteiger partial charge is 0.433 e. The maximum atomic E-state index is 12.6. The Hall–Kier alpha value is -0.720. The second kappa shape index (κ2) is 6.58. The number of hydrogen-bond acceptors (Lipinski definition) is 3.